The number of hydrogen-bond donors (Lipinski definition) is 4. The number of hydrogen-bond acceptors (Lipinski definition) is 3. The Bertz CT molecular complexity index is 830. The van der Waals surface area contributed by atoms with Crippen molar-refractivity contribution in [2.24, 2.45) is 0 Å². The number of aliphatic carboxylic acids is 1. The average molecular weight is 299 g/mol. The first kappa shape index (κ1) is 13.9. The zero-order valence-corrected chi connectivity index (χ0v) is 11.6. The maximum Gasteiger partial charge on any atom is 0.373 e. The number of aromatic nitrogens is 1. The van der Waals surface area contributed by atoms with Crippen molar-refractivity contribution in [3.05, 3.63) is 42.1 Å². The number of rotatable bonds is 3. The van der Waals surface area contributed by atoms with Crippen molar-refractivity contribution < 1.29 is 25.1 Å². The summed E-state index contributed by atoms with van der Waals surface area (Å²) >= 11 is 0. The fraction of sp³-hybridized carbons (Fsp3) is 0.125. The SMILES string of the molecule is O=C(O)[C@@H]1CC(C=Cn2ccc3cc(O)c(O)cc32)=CC=[NH+]1. The van der Waals surface area contributed by atoms with E-state index in [2.05, 4.69) is 4.99 Å². The number of nitrogens with zero attached hydrogens (tertiary/aromatic N) is 1. The van der Waals surface area contributed by atoms with E-state index >= 15 is 0 Å². The summed E-state index contributed by atoms with van der Waals surface area (Å²) in [6, 6.07) is 4.18. The van der Waals surface area contributed by atoms with Crippen LogP contribution in [0, 0.1) is 0 Å². The third kappa shape index (κ3) is 2.58. The summed E-state index contributed by atoms with van der Waals surface area (Å²) in [6.45, 7) is 0. The molecule has 1 aromatic heterocycles. The zero-order chi connectivity index (χ0) is 15.7. The second-order valence-electron chi connectivity index (χ2n) is 5.11. The average Bonchev–Trinajstić information content (AvgIpc) is 2.88. The third-order valence-corrected chi connectivity index (χ3v) is 3.60. The van der Waals surface area contributed by atoms with E-state index in [4.69, 9.17) is 5.11 Å². The van der Waals surface area contributed by atoms with E-state index in [1.165, 1.54) is 12.1 Å². The standard InChI is InChI=1S/C16H14N2O4/c19-14-8-11-3-6-18(13(11)9-15(14)20)5-2-10-1-4-17-12(7-10)16(21)22/h1-6,8-9,12,19-20H,7H2,(H,21,22)/p+1/t12-/m0/s1. The van der Waals surface area contributed by atoms with Crippen LogP contribution in [0.5, 0.6) is 11.5 Å². The van der Waals surface area contributed by atoms with E-state index < -0.39 is 12.0 Å². The van der Waals surface area contributed by atoms with Crippen LogP contribution in [-0.4, -0.2) is 38.1 Å². The number of benzene rings is 1. The number of fused-ring (bicyclic) bond motifs is 1. The molecular formula is C16H15N2O4+. The molecule has 0 fully saturated rings. The van der Waals surface area contributed by atoms with Crippen molar-refractivity contribution in [1.82, 2.24) is 4.57 Å². The van der Waals surface area contributed by atoms with Gasteiger partial charge in [0.05, 0.1) is 5.52 Å². The molecule has 112 valence electrons. The first-order valence-corrected chi connectivity index (χ1v) is 6.76. The Balaban J connectivity index is 1.87. The number of carboxylic acids is 1. The van der Waals surface area contributed by atoms with Gasteiger partial charge in [-0.15, -0.1) is 0 Å². The minimum absolute atomic E-state index is 0.158. The molecule has 0 bridgehead atoms. The van der Waals surface area contributed by atoms with Gasteiger partial charge >= 0.3 is 5.97 Å². The molecule has 2 heterocycles. The number of nitrogens with one attached hydrogen (secondary N) is 1. The number of phenolic OH excluding ortho intramolecular Hbond substituents is 2. The fourth-order valence-corrected chi connectivity index (χ4v) is 2.40. The monoisotopic (exact) mass is 299 g/mol. The molecule has 6 nitrogen and oxygen atoms in total. The number of carbonyl (C=O) groups is 1. The molecular weight excluding hydrogens is 284 g/mol. The van der Waals surface area contributed by atoms with Gasteiger partial charge in [-0.2, -0.15) is 0 Å². The van der Waals surface area contributed by atoms with Gasteiger partial charge in [0.15, 0.2) is 17.7 Å². The van der Waals surface area contributed by atoms with Gasteiger partial charge in [0.1, 0.15) is 0 Å². The lowest BCUT2D eigenvalue weighted by Gasteiger charge is -2.07. The van der Waals surface area contributed by atoms with Gasteiger partial charge in [0.2, 0.25) is 0 Å². The number of phenols is 2. The van der Waals surface area contributed by atoms with E-state index in [0.29, 0.717) is 6.42 Å². The van der Waals surface area contributed by atoms with Crippen molar-refractivity contribution in [2.75, 3.05) is 0 Å². The molecule has 3 rings (SSSR count). The second kappa shape index (κ2) is 5.40. The zero-order valence-electron chi connectivity index (χ0n) is 11.6. The van der Waals surface area contributed by atoms with Gasteiger partial charge in [-0.05, 0) is 23.8 Å². The number of carboxylic acid groups (broad SMARTS) is 1. The van der Waals surface area contributed by atoms with Crippen LogP contribution in [0.2, 0.25) is 0 Å². The van der Waals surface area contributed by atoms with Gasteiger partial charge in [-0.1, -0.05) is 0 Å². The maximum absolute atomic E-state index is 11.0. The maximum atomic E-state index is 11.0. The molecule has 0 saturated heterocycles. The Morgan fingerprint density at radius 1 is 1.32 bits per heavy atom. The van der Waals surface area contributed by atoms with Crippen LogP contribution in [0.25, 0.3) is 17.1 Å². The first-order chi connectivity index (χ1) is 10.5. The second-order valence-corrected chi connectivity index (χ2v) is 5.11. The summed E-state index contributed by atoms with van der Waals surface area (Å²) in [7, 11) is 0. The van der Waals surface area contributed by atoms with Gasteiger partial charge in [-0.3, -0.25) is 0 Å². The predicted octanol–water partition coefficient (Wildman–Crippen LogP) is 0.458. The summed E-state index contributed by atoms with van der Waals surface area (Å²) in [5.74, 6) is -1.22. The van der Waals surface area contributed by atoms with Crippen LogP contribution >= 0.6 is 0 Å². The molecule has 0 radical (unpaired) electrons. The molecule has 1 aromatic carbocycles. The van der Waals surface area contributed by atoms with Crippen molar-refractivity contribution in [1.29, 1.82) is 0 Å². The Kier molecular flexibility index (Phi) is 3.42. The molecule has 6 heteroatoms. The summed E-state index contributed by atoms with van der Waals surface area (Å²) in [5, 5.41) is 28.9. The van der Waals surface area contributed by atoms with Crippen LogP contribution in [0.3, 0.4) is 0 Å². The van der Waals surface area contributed by atoms with E-state index in [0.717, 1.165) is 16.5 Å². The van der Waals surface area contributed by atoms with Crippen molar-refractivity contribution in [3.63, 3.8) is 0 Å². The van der Waals surface area contributed by atoms with Crippen LogP contribution < -0.4 is 4.99 Å². The summed E-state index contributed by atoms with van der Waals surface area (Å²) in [4.78, 5) is 13.8. The van der Waals surface area contributed by atoms with Gasteiger partial charge in [-0.25, -0.2) is 9.79 Å². The normalized spacial score (nSPS) is 18.0. The van der Waals surface area contributed by atoms with Crippen LogP contribution in [0.1, 0.15) is 6.42 Å². The van der Waals surface area contributed by atoms with Crippen molar-refractivity contribution in [3.8, 4) is 11.5 Å². The van der Waals surface area contributed by atoms with Crippen LogP contribution in [0.4, 0.5) is 0 Å². The molecule has 1 aliphatic heterocycles. The minimum atomic E-state index is -0.887. The molecule has 0 saturated carbocycles. The van der Waals surface area contributed by atoms with Gasteiger partial charge in [0.25, 0.3) is 6.04 Å². The van der Waals surface area contributed by atoms with Crippen LogP contribution in [0.15, 0.2) is 42.1 Å². The number of allylic oxidation sites excluding steroid dienone is 2. The van der Waals surface area contributed by atoms with Crippen LogP contribution in [-0.2, 0) is 4.79 Å². The van der Waals surface area contributed by atoms with Crippen molar-refractivity contribution in [2.45, 2.75) is 12.5 Å². The predicted molar refractivity (Wildman–Crippen MR) is 81.7 cm³/mol. The highest BCUT2D eigenvalue weighted by Crippen LogP contribution is 2.30. The van der Waals surface area contributed by atoms with Gasteiger partial charge < -0.3 is 19.9 Å². The highest BCUT2D eigenvalue weighted by atomic mass is 16.4. The Hall–Kier alpha value is -3.02. The third-order valence-electron chi connectivity index (χ3n) is 3.60. The van der Waals surface area contributed by atoms with E-state index in [-0.39, 0.29) is 11.5 Å². The highest BCUT2D eigenvalue weighted by molar-refractivity contribution is 5.85. The van der Waals surface area contributed by atoms with Crippen molar-refractivity contribution >= 4 is 29.3 Å². The Labute approximate surface area is 126 Å². The first-order valence-electron chi connectivity index (χ1n) is 6.76. The largest absolute Gasteiger partial charge is 0.504 e. The molecule has 22 heavy (non-hydrogen) atoms. The molecule has 0 aliphatic carbocycles. The molecule has 4 N–H and O–H groups in total. The summed E-state index contributed by atoms with van der Waals surface area (Å²) < 4.78 is 1.80. The summed E-state index contributed by atoms with van der Waals surface area (Å²) in [6.07, 6.45) is 9.28. The molecule has 1 aliphatic rings. The fourth-order valence-electron chi connectivity index (χ4n) is 2.40. The Morgan fingerprint density at radius 2 is 2.09 bits per heavy atom. The molecule has 0 unspecified atom stereocenters. The lowest BCUT2D eigenvalue weighted by Crippen LogP contribution is -2.79. The minimum Gasteiger partial charge on any atom is -0.504 e. The van der Waals surface area contributed by atoms with E-state index in [9.17, 15) is 15.0 Å². The molecule has 1 atom stereocenters. The molecule has 0 amide bonds. The molecule has 2 aromatic rings. The Morgan fingerprint density at radius 3 is 2.86 bits per heavy atom. The lowest BCUT2D eigenvalue weighted by atomic mass is 10.0. The lowest BCUT2D eigenvalue weighted by molar-refractivity contribution is -0.485. The van der Waals surface area contributed by atoms with Gasteiger partial charge in [0, 0.05) is 36.3 Å². The smallest absolute Gasteiger partial charge is 0.373 e. The summed E-state index contributed by atoms with van der Waals surface area (Å²) in [5.41, 5.74) is 1.64. The highest BCUT2D eigenvalue weighted by Gasteiger charge is 2.23. The van der Waals surface area contributed by atoms with E-state index in [1.807, 2.05) is 18.2 Å². The number of aromatic hydroxyl groups is 2. The topological polar surface area (TPSA) is 96.7 Å². The molecule has 0 spiro atoms. The van der Waals surface area contributed by atoms with E-state index in [1.54, 1.807) is 23.2 Å². The quantitative estimate of drug-likeness (QED) is 0.619.